The molecule has 1 heterocycles. The van der Waals surface area contributed by atoms with Crippen LogP contribution in [0.15, 0.2) is 53.7 Å². The normalized spacial score (nSPS) is 10.6. The third kappa shape index (κ3) is 4.37. The number of hydrogen-bond acceptors (Lipinski definition) is 5. The van der Waals surface area contributed by atoms with Gasteiger partial charge in [-0.15, -0.1) is 5.10 Å². The highest BCUT2D eigenvalue weighted by atomic mass is 35.5. The Morgan fingerprint density at radius 2 is 1.96 bits per heavy atom. The van der Waals surface area contributed by atoms with Crippen LogP contribution in [0.1, 0.15) is 11.1 Å². The van der Waals surface area contributed by atoms with Crippen molar-refractivity contribution in [1.82, 2.24) is 25.5 Å². The fraction of sp³-hybridized carbons (Fsp3) is 0.176. The highest BCUT2D eigenvalue weighted by Crippen LogP contribution is 2.20. The van der Waals surface area contributed by atoms with Crippen LogP contribution in [-0.2, 0) is 11.3 Å². The zero-order valence-corrected chi connectivity index (χ0v) is 15.1. The molecule has 6 nitrogen and oxygen atoms in total. The Balaban J connectivity index is 1.59. The Labute approximate surface area is 154 Å². The number of halogens is 1. The van der Waals surface area contributed by atoms with Gasteiger partial charge in [0.25, 0.3) is 0 Å². The number of nitrogens with zero attached hydrogens (tertiary/aromatic N) is 4. The molecule has 0 bridgehead atoms. The molecule has 0 saturated carbocycles. The zero-order chi connectivity index (χ0) is 17.6. The number of tetrazole rings is 1. The van der Waals surface area contributed by atoms with Crippen LogP contribution in [0.4, 0.5) is 0 Å². The predicted octanol–water partition coefficient (Wildman–Crippen LogP) is 3.03. The first-order valence-electron chi connectivity index (χ1n) is 7.62. The lowest BCUT2D eigenvalue weighted by atomic mass is 10.2. The summed E-state index contributed by atoms with van der Waals surface area (Å²) < 4.78 is 1.64. The number of rotatable bonds is 6. The van der Waals surface area contributed by atoms with E-state index in [0.717, 1.165) is 16.8 Å². The third-order valence-corrected chi connectivity index (χ3v) is 4.84. The van der Waals surface area contributed by atoms with Gasteiger partial charge >= 0.3 is 0 Å². The van der Waals surface area contributed by atoms with E-state index < -0.39 is 0 Å². The molecule has 25 heavy (non-hydrogen) atoms. The molecule has 0 unspecified atom stereocenters. The maximum absolute atomic E-state index is 12.1. The number of amides is 1. The van der Waals surface area contributed by atoms with E-state index in [1.54, 1.807) is 10.7 Å². The molecular weight excluding hydrogens is 358 g/mol. The molecule has 8 heteroatoms. The Hall–Kier alpha value is -2.38. The van der Waals surface area contributed by atoms with Crippen LogP contribution < -0.4 is 5.32 Å². The molecule has 128 valence electrons. The van der Waals surface area contributed by atoms with Crippen molar-refractivity contribution in [1.29, 1.82) is 0 Å². The van der Waals surface area contributed by atoms with Crippen LogP contribution in [0.3, 0.4) is 0 Å². The number of aromatic nitrogens is 4. The average Bonchev–Trinajstić information content (AvgIpc) is 3.08. The van der Waals surface area contributed by atoms with E-state index in [1.807, 2.05) is 49.4 Å². The second kappa shape index (κ2) is 8.13. The molecule has 0 saturated heterocycles. The van der Waals surface area contributed by atoms with Crippen molar-refractivity contribution in [3.63, 3.8) is 0 Å². The van der Waals surface area contributed by atoms with Gasteiger partial charge in [-0.25, -0.2) is 0 Å². The Morgan fingerprint density at radius 1 is 1.20 bits per heavy atom. The topological polar surface area (TPSA) is 72.7 Å². The number of carbonyl (C=O) groups excluding carboxylic acids is 1. The molecule has 1 N–H and O–H groups in total. The van der Waals surface area contributed by atoms with Gasteiger partial charge in [0.2, 0.25) is 11.1 Å². The molecule has 0 aliphatic rings. The minimum Gasteiger partial charge on any atom is -0.351 e. The lowest BCUT2D eigenvalue weighted by Crippen LogP contribution is -2.24. The highest BCUT2D eigenvalue weighted by molar-refractivity contribution is 7.99. The molecule has 1 amide bonds. The van der Waals surface area contributed by atoms with Gasteiger partial charge < -0.3 is 5.32 Å². The number of para-hydroxylation sites is 1. The van der Waals surface area contributed by atoms with Crippen LogP contribution >= 0.6 is 23.4 Å². The van der Waals surface area contributed by atoms with Crippen molar-refractivity contribution in [2.75, 3.05) is 5.75 Å². The van der Waals surface area contributed by atoms with Gasteiger partial charge in [-0.3, -0.25) is 4.79 Å². The van der Waals surface area contributed by atoms with Crippen LogP contribution in [-0.4, -0.2) is 31.9 Å². The molecule has 0 fully saturated rings. The van der Waals surface area contributed by atoms with Crippen LogP contribution in [0.2, 0.25) is 5.02 Å². The molecule has 0 aliphatic carbocycles. The molecule has 0 radical (unpaired) electrons. The monoisotopic (exact) mass is 373 g/mol. The summed E-state index contributed by atoms with van der Waals surface area (Å²) in [6, 6.07) is 15.2. The summed E-state index contributed by atoms with van der Waals surface area (Å²) in [4.78, 5) is 12.1. The summed E-state index contributed by atoms with van der Waals surface area (Å²) >= 11 is 7.37. The van der Waals surface area contributed by atoms with E-state index in [0.29, 0.717) is 16.7 Å². The fourth-order valence-electron chi connectivity index (χ4n) is 2.24. The predicted molar refractivity (Wildman–Crippen MR) is 97.9 cm³/mol. The first-order chi connectivity index (χ1) is 12.1. The molecule has 3 aromatic rings. The van der Waals surface area contributed by atoms with Gasteiger partial charge in [-0.2, -0.15) is 4.68 Å². The van der Waals surface area contributed by atoms with Crippen molar-refractivity contribution in [3.05, 3.63) is 64.7 Å². The summed E-state index contributed by atoms with van der Waals surface area (Å²) in [5, 5.41) is 15.8. The van der Waals surface area contributed by atoms with Crippen molar-refractivity contribution in [2.24, 2.45) is 0 Å². The van der Waals surface area contributed by atoms with E-state index in [-0.39, 0.29) is 11.7 Å². The van der Waals surface area contributed by atoms with Crippen LogP contribution in [0.5, 0.6) is 0 Å². The van der Waals surface area contributed by atoms with Gasteiger partial charge in [-0.1, -0.05) is 59.8 Å². The number of thioether (sulfide) groups is 1. The van der Waals surface area contributed by atoms with Crippen molar-refractivity contribution < 1.29 is 4.79 Å². The SMILES string of the molecule is Cc1ccccc1-n1nnnc1SCC(=O)NCc1ccccc1Cl. The van der Waals surface area contributed by atoms with Gasteiger partial charge in [0.15, 0.2) is 0 Å². The molecule has 0 aliphatic heterocycles. The summed E-state index contributed by atoms with van der Waals surface area (Å²) in [6.07, 6.45) is 0. The van der Waals surface area contributed by atoms with Gasteiger partial charge in [0, 0.05) is 11.6 Å². The molecule has 1 aromatic heterocycles. The number of nitrogens with one attached hydrogen (secondary N) is 1. The number of benzene rings is 2. The largest absolute Gasteiger partial charge is 0.351 e. The summed E-state index contributed by atoms with van der Waals surface area (Å²) in [5.74, 6) is 0.112. The first kappa shape index (κ1) is 17.4. The maximum atomic E-state index is 12.1. The maximum Gasteiger partial charge on any atom is 0.230 e. The van der Waals surface area contributed by atoms with Crippen LogP contribution in [0, 0.1) is 6.92 Å². The quantitative estimate of drug-likeness (QED) is 0.672. The van der Waals surface area contributed by atoms with E-state index >= 15 is 0 Å². The lowest BCUT2D eigenvalue weighted by Gasteiger charge is -2.08. The number of hydrogen-bond donors (Lipinski definition) is 1. The van der Waals surface area contributed by atoms with E-state index in [9.17, 15) is 4.79 Å². The van der Waals surface area contributed by atoms with E-state index in [2.05, 4.69) is 20.8 Å². The molecule has 0 spiro atoms. The van der Waals surface area contributed by atoms with Gasteiger partial charge in [0.05, 0.1) is 11.4 Å². The molecular formula is C17H16ClN5OS. The minimum atomic E-state index is -0.107. The molecule has 0 atom stereocenters. The first-order valence-corrected chi connectivity index (χ1v) is 8.99. The smallest absolute Gasteiger partial charge is 0.230 e. The number of aryl methyl sites for hydroxylation is 1. The lowest BCUT2D eigenvalue weighted by molar-refractivity contribution is -0.118. The Kier molecular flexibility index (Phi) is 5.67. The summed E-state index contributed by atoms with van der Waals surface area (Å²) in [7, 11) is 0. The second-order valence-corrected chi connectivity index (χ2v) is 6.67. The van der Waals surface area contributed by atoms with Crippen molar-refractivity contribution in [3.8, 4) is 5.69 Å². The van der Waals surface area contributed by atoms with E-state index in [1.165, 1.54) is 11.8 Å². The van der Waals surface area contributed by atoms with Gasteiger partial charge in [0.1, 0.15) is 0 Å². The number of carbonyl (C=O) groups is 1. The van der Waals surface area contributed by atoms with Crippen molar-refractivity contribution in [2.45, 2.75) is 18.6 Å². The molecule has 3 rings (SSSR count). The van der Waals surface area contributed by atoms with Crippen molar-refractivity contribution >= 4 is 29.3 Å². The standard InChI is InChI=1S/C17H16ClN5OS/c1-12-6-2-5-9-15(12)23-17(20-21-22-23)25-11-16(24)19-10-13-7-3-4-8-14(13)18/h2-9H,10-11H2,1H3,(H,19,24). The summed E-state index contributed by atoms with van der Waals surface area (Å²) in [5.41, 5.74) is 2.83. The fourth-order valence-corrected chi connectivity index (χ4v) is 3.15. The van der Waals surface area contributed by atoms with Gasteiger partial charge in [-0.05, 0) is 40.6 Å². The van der Waals surface area contributed by atoms with Crippen LogP contribution in [0.25, 0.3) is 5.69 Å². The second-order valence-electron chi connectivity index (χ2n) is 5.32. The Morgan fingerprint density at radius 3 is 2.76 bits per heavy atom. The van der Waals surface area contributed by atoms with E-state index in [4.69, 9.17) is 11.6 Å². The third-order valence-electron chi connectivity index (χ3n) is 3.55. The summed E-state index contributed by atoms with van der Waals surface area (Å²) in [6.45, 7) is 2.38. The molecule has 2 aromatic carbocycles. The Bertz CT molecular complexity index is 883. The zero-order valence-electron chi connectivity index (χ0n) is 13.5. The average molecular weight is 374 g/mol. The minimum absolute atomic E-state index is 0.107. The highest BCUT2D eigenvalue weighted by Gasteiger charge is 2.13.